The summed E-state index contributed by atoms with van der Waals surface area (Å²) < 4.78 is 10.9. The van der Waals surface area contributed by atoms with Crippen molar-refractivity contribution < 1.29 is 23.9 Å². The monoisotopic (exact) mass is 453 g/mol. The second-order valence-electron chi connectivity index (χ2n) is 8.23. The van der Waals surface area contributed by atoms with E-state index in [1.165, 1.54) is 7.11 Å². The van der Waals surface area contributed by atoms with Gasteiger partial charge in [0.05, 0.1) is 18.4 Å². The molecule has 1 aliphatic heterocycles. The molecule has 176 valence electrons. The molecule has 1 heterocycles. The molecule has 1 fully saturated rings. The lowest BCUT2D eigenvalue weighted by Crippen LogP contribution is -2.36. The van der Waals surface area contributed by atoms with Crippen molar-refractivity contribution in [3.63, 3.8) is 0 Å². The number of methoxy groups -OCH3 is 1. The van der Waals surface area contributed by atoms with Crippen molar-refractivity contribution in [2.24, 2.45) is 0 Å². The third-order valence-corrected chi connectivity index (χ3v) is 5.28. The summed E-state index contributed by atoms with van der Waals surface area (Å²) in [7, 11) is 1.46. The van der Waals surface area contributed by atoms with Crippen molar-refractivity contribution >= 4 is 23.4 Å². The van der Waals surface area contributed by atoms with Gasteiger partial charge in [-0.2, -0.15) is 0 Å². The molecule has 8 nitrogen and oxygen atoms in total. The molecule has 3 amide bonds. The Morgan fingerprint density at radius 2 is 1.73 bits per heavy atom. The summed E-state index contributed by atoms with van der Waals surface area (Å²) in [5.41, 5.74) is 1.27. The first-order chi connectivity index (χ1) is 15.9. The Bertz CT molecular complexity index is 999. The van der Waals surface area contributed by atoms with E-state index in [9.17, 15) is 14.4 Å². The number of carbonyl (C=O) groups is 3. The Hall–Kier alpha value is -3.55. The Morgan fingerprint density at radius 1 is 1.00 bits per heavy atom. The maximum absolute atomic E-state index is 13.0. The van der Waals surface area contributed by atoms with Crippen LogP contribution in [0.3, 0.4) is 0 Å². The average molecular weight is 454 g/mol. The predicted molar refractivity (Wildman–Crippen MR) is 126 cm³/mol. The highest BCUT2D eigenvalue weighted by molar-refractivity contribution is 6.09. The summed E-state index contributed by atoms with van der Waals surface area (Å²) in [6.45, 7) is 5.03. The van der Waals surface area contributed by atoms with Crippen molar-refractivity contribution in [2.75, 3.05) is 32.1 Å². The summed E-state index contributed by atoms with van der Waals surface area (Å²) in [4.78, 5) is 39.6. The molecule has 0 bridgehead atoms. The lowest BCUT2D eigenvalue weighted by molar-refractivity contribution is -0.123. The van der Waals surface area contributed by atoms with Crippen LogP contribution in [0.2, 0.25) is 0 Å². The standard InChI is InChI=1S/C25H31N3O5/c1-17(2)26-23(29)16-33-21-12-11-18(15-22(21)32-3)24(30)27-20-10-6-5-9-19(20)25(31)28-13-7-4-8-14-28/h5-6,9-12,15,17H,4,7-8,13-14,16H2,1-3H3,(H,26,29)(H,27,30). The van der Waals surface area contributed by atoms with E-state index in [-0.39, 0.29) is 30.4 Å². The van der Waals surface area contributed by atoms with Crippen LogP contribution in [0.4, 0.5) is 5.69 Å². The molecule has 33 heavy (non-hydrogen) atoms. The number of hydrogen-bond acceptors (Lipinski definition) is 5. The average Bonchev–Trinajstić information content (AvgIpc) is 2.82. The summed E-state index contributed by atoms with van der Waals surface area (Å²) in [5, 5.41) is 5.59. The number of amides is 3. The molecular formula is C25H31N3O5. The number of likely N-dealkylation sites (tertiary alicyclic amines) is 1. The van der Waals surface area contributed by atoms with Crippen LogP contribution in [0, 0.1) is 0 Å². The van der Waals surface area contributed by atoms with Crippen molar-refractivity contribution in [1.82, 2.24) is 10.2 Å². The second-order valence-corrected chi connectivity index (χ2v) is 8.23. The van der Waals surface area contributed by atoms with Gasteiger partial charge in [-0.1, -0.05) is 12.1 Å². The van der Waals surface area contributed by atoms with E-state index in [0.29, 0.717) is 28.3 Å². The van der Waals surface area contributed by atoms with Crippen LogP contribution in [-0.2, 0) is 4.79 Å². The molecule has 0 aliphatic carbocycles. The number of benzene rings is 2. The van der Waals surface area contributed by atoms with Crippen LogP contribution in [0.15, 0.2) is 42.5 Å². The number of nitrogens with zero attached hydrogens (tertiary/aromatic N) is 1. The summed E-state index contributed by atoms with van der Waals surface area (Å²) in [6, 6.07) is 11.7. The maximum Gasteiger partial charge on any atom is 0.258 e. The molecule has 0 spiro atoms. The van der Waals surface area contributed by atoms with Gasteiger partial charge in [-0.3, -0.25) is 14.4 Å². The fraction of sp³-hybridized carbons (Fsp3) is 0.400. The van der Waals surface area contributed by atoms with E-state index < -0.39 is 0 Å². The van der Waals surface area contributed by atoms with Crippen LogP contribution in [0.25, 0.3) is 0 Å². The SMILES string of the molecule is COc1cc(C(=O)Nc2ccccc2C(=O)N2CCCCC2)ccc1OCC(=O)NC(C)C. The van der Waals surface area contributed by atoms with Crippen molar-refractivity contribution in [3.05, 3.63) is 53.6 Å². The zero-order valence-corrected chi connectivity index (χ0v) is 19.3. The molecule has 0 radical (unpaired) electrons. The highest BCUT2D eigenvalue weighted by atomic mass is 16.5. The number of carbonyl (C=O) groups excluding carboxylic acids is 3. The van der Waals surface area contributed by atoms with Gasteiger partial charge in [0.1, 0.15) is 0 Å². The lowest BCUT2D eigenvalue weighted by Gasteiger charge is -2.27. The van der Waals surface area contributed by atoms with Gasteiger partial charge in [0, 0.05) is 24.7 Å². The zero-order chi connectivity index (χ0) is 23.8. The Balaban J connectivity index is 1.72. The predicted octanol–water partition coefficient (Wildman–Crippen LogP) is 3.48. The van der Waals surface area contributed by atoms with Gasteiger partial charge in [0.15, 0.2) is 18.1 Å². The molecule has 0 aromatic heterocycles. The first-order valence-corrected chi connectivity index (χ1v) is 11.2. The van der Waals surface area contributed by atoms with E-state index in [4.69, 9.17) is 9.47 Å². The van der Waals surface area contributed by atoms with Gasteiger partial charge in [-0.25, -0.2) is 0 Å². The smallest absolute Gasteiger partial charge is 0.258 e. The zero-order valence-electron chi connectivity index (χ0n) is 19.3. The largest absolute Gasteiger partial charge is 0.493 e. The molecule has 2 aromatic rings. The first-order valence-electron chi connectivity index (χ1n) is 11.2. The fourth-order valence-corrected chi connectivity index (χ4v) is 3.68. The van der Waals surface area contributed by atoms with E-state index in [2.05, 4.69) is 10.6 Å². The number of piperidine rings is 1. The maximum atomic E-state index is 13.0. The van der Waals surface area contributed by atoms with Crippen LogP contribution in [0.5, 0.6) is 11.5 Å². The molecule has 3 rings (SSSR count). The minimum Gasteiger partial charge on any atom is -0.493 e. The number of anilines is 1. The van der Waals surface area contributed by atoms with E-state index in [1.807, 2.05) is 18.7 Å². The second kappa shape index (κ2) is 11.4. The third-order valence-electron chi connectivity index (χ3n) is 5.28. The Morgan fingerprint density at radius 3 is 2.42 bits per heavy atom. The minimum atomic E-state index is -0.378. The van der Waals surface area contributed by atoms with E-state index in [0.717, 1.165) is 32.4 Å². The molecule has 0 atom stereocenters. The van der Waals surface area contributed by atoms with Crippen molar-refractivity contribution in [3.8, 4) is 11.5 Å². The molecule has 8 heteroatoms. The number of rotatable bonds is 8. The number of ether oxygens (including phenoxy) is 2. The van der Waals surface area contributed by atoms with E-state index in [1.54, 1.807) is 42.5 Å². The van der Waals surface area contributed by atoms with Gasteiger partial charge in [0.25, 0.3) is 17.7 Å². The van der Waals surface area contributed by atoms with Crippen LogP contribution in [0.1, 0.15) is 53.8 Å². The normalized spacial score (nSPS) is 13.4. The van der Waals surface area contributed by atoms with E-state index >= 15 is 0 Å². The van der Waals surface area contributed by atoms with Gasteiger partial charge < -0.3 is 25.0 Å². The molecular weight excluding hydrogens is 422 g/mol. The van der Waals surface area contributed by atoms with Crippen LogP contribution in [-0.4, -0.2) is 55.5 Å². The highest BCUT2D eigenvalue weighted by Gasteiger charge is 2.22. The van der Waals surface area contributed by atoms with Gasteiger partial charge in [0.2, 0.25) is 0 Å². The Labute approximate surface area is 194 Å². The van der Waals surface area contributed by atoms with Crippen LogP contribution < -0.4 is 20.1 Å². The molecule has 2 N–H and O–H groups in total. The quantitative estimate of drug-likeness (QED) is 0.638. The molecule has 0 unspecified atom stereocenters. The molecule has 2 aromatic carbocycles. The van der Waals surface area contributed by atoms with Crippen LogP contribution >= 0.6 is 0 Å². The number of nitrogens with one attached hydrogen (secondary N) is 2. The topological polar surface area (TPSA) is 97.0 Å². The Kier molecular flexibility index (Phi) is 8.29. The lowest BCUT2D eigenvalue weighted by atomic mass is 10.1. The van der Waals surface area contributed by atoms with Gasteiger partial charge in [-0.05, 0) is 63.4 Å². The minimum absolute atomic E-state index is 0.0127. The summed E-state index contributed by atoms with van der Waals surface area (Å²) in [6.07, 6.45) is 3.12. The van der Waals surface area contributed by atoms with Crippen molar-refractivity contribution in [1.29, 1.82) is 0 Å². The fourth-order valence-electron chi connectivity index (χ4n) is 3.68. The highest BCUT2D eigenvalue weighted by Crippen LogP contribution is 2.29. The van der Waals surface area contributed by atoms with Gasteiger partial charge >= 0.3 is 0 Å². The number of hydrogen-bond donors (Lipinski definition) is 2. The summed E-state index contributed by atoms with van der Waals surface area (Å²) in [5.74, 6) is -0.0157. The first kappa shape index (κ1) is 24.1. The third kappa shape index (κ3) is 6.47. The van der Waals surface area contributed by atoms with Gasteiger partial charge in [-0.15, -0.1) is 0 Å². The summed E-state index contributed by atoms with van der Waals surface area (Å²) >= 11 is 0. The van der Waals surface area contributed by atoms with Crippen molar-refractivity contribution in [2.45, 2.75) is 39.2 Å². The molecule has 1 saturated heterocycles. The molecule has 1 aliphatic rings. The number of para-hydroxylation sites is 1. The molecule has 0 saturated carbocycles.